The molecule has 4 rings (SSSR count). The van der Waals surface area contributed by atoms with E-state index in [1.54, 1.807) is 5.32 Å². The molecule has 1 atom stereocenters. The van der Waals surface area contributed by atoms with E-state index in [1.807, 2.05) is 0 Å². The lowest BCUT2D eigenvalue weighted by molar-refractivity contribution is -0.241. The minimum Gasteiger partial charge on any atom is -0.374 e. The Hall–Kier alpha value is -4.13. The summed E-state index contributed by atoms with van der Waals surface area (Å²) in [5.74, 6) is -7.92. The van der Waals surface area contributed by atoms with E-state index in [0.29, 0.717) is 24.3 Å². The number of halogens is 6. The minimum absolute atomic E-state index is 0.0214. The van der Waals surface area contributed by atoms with Crippen molar-refractivity contribution < 1.29 is 36.2 Å². The molecule has 0 fully saturated rings. The number of nitrogens with zero attached hydrogens (tertiary/aromatic N) is 3. The zero-order valence-electron chi connectivity index (χ0n) is 19.0. The largest absolute Gasteiger partial charge is 0.374 e. The smallest absolute Gasteiger partial charge is 0.302 e. The third kappa shape index (κ3) is 4.57. The fourth-order valence-electron chi connectivity index (χ4n) is 3.86. The second-order valence-electron chi connectivity index (χ2n) is 8.27. The van der Waals surface area contributed by atoms with Crippen molar-refractivity contribution in [3.05, 3.63) is 83.1 Å². The molecule has 2 aromatic heterocycles. The van der Waals surface area contributed by atoms with Gasteiger partial charge in [-0.25, -0.2) is 30.9 Å². The minimum atomic E-state index is -4.63. The summed E-state index contributed by atoms with van der Waals surface area (Å²) in [7, 11) is 0. The molecule has 194 valence electrons. The second-order valence-corrected chi connectivity index (χ2v) is 8.27. The summed E-state index contributed by atoms with van der Waals surface area (Å²) in [5, 5.41) is 15.9. The maximum atomic E-state index is 15.4. The van der Waals surface area contributed by atoms with Crippen LogP contribution in [-0.2, 0) is 5.60 Å². The fraction of sp³-hybridized carbons (Fsp3) is 0.208. The number of aliphatic hydroxyl groups is 1. The molecule has 0 aliphatic heterocycles. The Morgan fingerprint density at radius 2 is 1.81 bits per heavy atom. The SMILES string of the molecule is Cc1ccc(-c2ccn3nc(N)nc3c2)c(F)c1C(=O)NCC(F)(F)C(O)(c1ccc(F)cc1)C(F)F. The number of alkyl halides is 4. The summed E-state index contributed by atoms with van der Waals surface area (Å²) in [4.78, 5) is 16.7. The van der Waals surface area contributed by atoms with Crippen LogP contribution < -0.4 is 11.1 Å². The predicted octanol–water partition coefficient (Wildman–Crippen LogP) is 4.08. The van der Waals surface area contributed by atoms with Gasteiger partial charge in [0.1, 0.15) is 11.6 Å². The molecular formula is C24H19F6N5O2. The summed E-state index contributed by atoms with van der Waals surface area (Å²) >= 11 is 0. The summed E-state index contributed by atoms with van der Waals surface area (Å²) in [6.45, 7) is -0.408. The first-order valence-electron chi connectivity index (χ1n) is 10.7. The standard InChI is InChI=1S/C24H19F6N5O2/c1-12-2-7-16(13-8-9-35-17(10-13)33-22(31)34-35)19(26)18(12)20(36)32-11-23(29,30)24(37,21(27)28)14-3-5-15(25)6-4-14/h2-10,21,37H,11H2,1H3,(H2,31,34)(H,32,36). The van der Waals surface area contributed by atoms with Crippen LogP contribution in [0.3, 0.4) is 0 Å². The van der Waals surface area contributed by atoms with Gasteiger partial charge in [0.2, 0.25) is 11.5 Å². The normalized spacial score (nSPS) is 13.6. The van der Waals surface area contributed by atoms with Gasteiger partial charge in [0.25, 0.3) is 12.3 Å². The molecule has 0 spiro atoms. The number of rotatable bonds is 7. The lowest BCUT2D eigenvalue weighted by Crippen LogP contribution is -2.56. The van der Waals surface area contributed by atoms with Crippen LogP contribution >= 0.6 is 0 Å². The van der Waals surface area contributed by atoms with Gasteiger partial charge in [0.15, 0.2) is 5.65 Å². The fourth-order valence-corrected chi connectivity index (χ4v) is 3.86. The van der Waals surface area contributed by atoms with Crippen LogP contribution in [0.2, 0.25) is 0 Å². The summed E-state index contributed by atoms with van der Waals surface area (Å²) in [6, 6.07) is 8.09. The topological polar surface area (TPSA) is 106 Å². The highest BCUT2D eigenvalue weighted by Crippen LogP contribution is 2.42. The molecule has 4 aromatic rings. The van der Waals surface area contributed by atoms with E-state index in [4.69, 9.17) is 5.73 Å². The number of fused-ring (bicyclic) bond motifs is 1. The number of hydrogen-bond acceptors (Lipinski definition) is 5. The van der Waals surface area contributed by atoms with E-state index in [1.165, 1.54) is 41.9 Å². The Labute approximate surface area is 205 Å². The van der Waals surface area contributed by atoms with Crippen LogP contribution in [0.5, 0.6) is 0 Å². The quantitative estimate of drug-likeness (QED) is 0.317. The van der Waals surface area contributed by atoms with Gasteiger partial charge in [0.05, 0.1) is 12.1 Å². The highest BCUT2D eigenvalue weighted by molar-refractivity contribution is 5.97. The van der Waals surface area contributed by atoms with Gasteiger partial charge < -0.3 is 16.2 Å². The molecule has 0 bridgehead atoms. The molecule has 0 aliphatic rings. The number of nitrogen functional groups attached to an aromatic ring is 1. The first-order valence-corrected chi connectivity index (χ1v) is 10.7. The number of benzene rings is 2. The Balaban J connectivity index is 1.63. The van der Waals surface area contributed by atoms with Crippen molar-refractivity contribution in [2.45, 2.75) is 24.9 Å². The van der Waals surface area contributed by atoms with Crippen molar-refractivity contribution in [3.8, 4) is 11.1 Å². The number of carbonyl (C=O) groups is 1. The zero-order valence-corrected chi connectivity index (χ0v) is 19.0. The first-order chi connectivity index (χ1) is 17.3. The number of hydrogen-bond donors (Lipinski definition) is 3. The van der Waals surface area contributed by atoms with E-state index >= 15 is 4.39 Å². The van der Waals surface area contributed by atoms with Crippen LogP contribution in [0.25, 0.3) is 16.8 Å². The van der Waals surface area contributed by atoms with Gasteiger partial charge in [-0.05, 0) is 47.9 Å². The number of aromatic nitrogens is 3. The highest BCUT2D eigenvalue weighted by Gasteiger charge is 2.60. The number of amides is 1. The maximum Gasteiger partial charge on any atom is 0.302 e. The van der Waals surface area contributed by atoms with Gasteiger partial charge in [-0.3, -0.25) is 4.79 Å². The van der Waals surface area contributed by atoms with E-state index in [0.717, 1.165) is 0 Å². The Morgan fingerprint density at radius 3 is 2.46 bits per heavy atom. The molecule has 0 saturated heterocycles. The Kier molecular flexibility index (Phi) is 6.59. The zero-order chi connectivity index (χ0) is 27.1. The van der Waals surface area contributed by atoms with Crippen molar-refractivity contribution in [2.24, 2.45) is 0 Å². The number of aryl methyl sites for hydroxylation is 1. The third-order valence-electron chi connectivity index (χ3n) is 5.87. The molecule has 0 saturated carbocycles. The van der Waals surface area contributed by atoms with Gasteiger partial charge in [-0.1, -0.05) is 24.3 Å². The number of anilines is 1. The molecule has 0 radical (unpaired) electrons. The molecule has 4 N–H and O–H groups in total. The van der Waals surface area contributed by atoms with E-state index < -0.39 is 53.2 Å². The molecular weight excluding hydrogens is 504 g/mol. The van der Waals surface area contributed by atoms with Gasteiger partial charge in [0, 0.05) is 11.8 Å². The number of pyridine rings is 1. The van der Waals surface area contributed by atoms with Crippen molar-refractivity contribution in [1.29, 1.82) is 0 Å². The molecule has 37 heavy (non-hydrogen) atoms. The van der Waals surface area contributed by atoms with Gasteiger partial charge >= 0.3 is 5.92 Å². The van der Waals surface area contributed by atoms with Crippen molar-refractivity contribution in [1.82, 2.24) is 19.9 Å². The molecule has 1 amide bonds. The van der Waals surface area contributed by atoms with Gasteiger partial charge in [-0.2, -0.15) is 4.98 Å². The lowest BCUT2D eigenvalue weighted by Gasteiger charge is -2.35. The molecule has 2 heterocycles. The predicted molar refractivity (Wildman–Crippen MR) is 121 cm³/mol. The molecule has 2 aromatic carbocycles. The van der Waals surface area contributed by atoms with Crippen LogP contribution in [0.1, 0.15) is 21.5 Å². The third-order valence-corrected chi connectivity index (χ3v) is 5.87. The molecule has 1 unspecified atom stereocenters. The lowest BCUT2D eigenvalue weighted by atomic mass is 9.87. The van der Waals surface area contributed by atoms with Crippen molar-refractivity contribution in [2.75, 3.05) is 12.3 Å². The summed E-state index contributed by atoms with van der Waals surface area (Å²) < 4.78 is 87.1. The first kappa shape index (κ1) is 25.9. The number of nitrogens with one attached hydrogen (secondary N) is 1. The Bertz CT molecular complexity index is 1470. The number of nitrogens with two attached hydrogens (primary N) is 1. The van der Waals surface area contributed by atoms with Crippen molar-refractivity contribution >= 4 is 17.5 Å². The molecule has 0 aliphatic carbocycles. The van der Waals surface area contributed by atoms with Crippen LogP contribution in [-0.4, -0.2) is 44.5 Å². The number of carbonyl (C=O) groups excluding carboxylic acids is 1. The van der Waals surface area contributed by atoms with E-state index in [-0.39, 0.29) is 28.3 Å². The summed E-state index contributed by atoms with van der Waals surface area (Å²) in [6.07, 6.45) is -2.55. The Morgan fingerprint density at radius 1 is 1.14 bits per heavy atom. The van der Waals surface area contributed by atoms with Crippen LogP contribution in [0.4, 0.5) is 32.3 Å². The monoisotopic (exact) mass is 523 g/mol. The van der Waals surface area contributed by atoms with Crippen molar-refractivity contribution in [3.63, 3.8) is 0 Å². The average molecular weight is 523 g/mol. The van der Waals surface area contributed by atoms with E-state index in [2.05, 4.69) is 10.1 Å². The highest BCUT2D eigenvalue weighted by atomic mass is 19.3. The average Bonchev–Trinajstić information content (AvgIpc) is 3.22. The van der Waals surface area contributed by atoms with Crippen LogP contribution in [0, 0.1) is 18.6 Å². The second kappa shape index (κ2) is 9.39. The maximum absolute atomic E-state index is 15.4. The summed E-state index contributed by atoms with van der Waals surface area (Å²) in [5.41, 5.74) is 0.500. The van der Waals surface area contributed by atoms with Gasteiger partial charge in [-0.15, -0.1) is 5.10 Å². The molecule has 13 heteroatoms. The van der Waals surface area contributed by atoms with Crippen LogP contribution in [0.15, 0.2) is 54.7 Å². The molecule has 7 nitrogen and oxygen atoms in total. The van der Waals surface area contributed by atoms with E-state index in [9.17, 15) is 31.9 Å².